The molecule has 2 saturated heterocycles. The molecule has 0 atom stereocenters. The van der Waals surface area contributed by atoms with E-state index in [1.807, 2.05) is 27.7 Å². The third-order valence-corrected chi connectivity index (χ3v) is 3.90. The van der Waals surface area contributed by atoms with Crippen LogP contribution in [0.25, 0.3) is 0 Å². The summed E-state index contributed by atoms with van der Waals surface area (Å²) < 4.78 is 0. The SMILES string of the molecule is CC.CC.CN1CCC2(CCCN(C)C2)CC1. The van der Waals surface area contributed by atoms with Crippen molar-refractivity contribution in [1.82, 2.24) is 9.80 Å². The van der Waals surface area contributed by atoms with E-state index < -0.39 is 0 Å². The zero-order valence-electron chi connectivity index (χ0n) is 13.1. The van der Waals surface area contributed by atoms with Gasteiger partial charge in [-0.25, -0.2) is 0 Å². The highest BCUT2D eigenvalue weighted by molar-refractivity contribution is 4.90. The summed E-state index contributed by atoms with van der Waals surface area (Å²) in [6.45, 7) is 13.3. The Bertz CT molecular complexity index is 172. The van der Waals surface area contributed by atoms with E-state index in [-0.39, 0.29) is 0 Å². The maximum absolute atomic E-state index is 2.52. The van der Waals surface area contributed by atoms with Crippen LogP contribution >= 0.6 is 0 Å². The standard InChI is InChI=1S/C11H22N2.2C2H6/c1-12-8-5-11(6-9-12)4-3-7-13(2)10-11;2*1-2/h3-10H2,1-2H3;2*1-2H3. The van der Waals surface area contributed by atoms with Gasteiger partial charge in [-0.3, -0.25) is 0 Å². The minimum Gasteiger partial charge on any atom is -0.306 e. The maximum atomic E-state index is 2.52. The maximum Gasteiger partial charge on any atom is 0.00359 e. The van der Waals surface area contributed by atoms with E-state index in [0.717, 1.165) is 0 Å². The Morgan fingerprint density at radius 2 is 1.24 bits per heavy atom. The van der Waals surface area contributed by atoms with Gasteiger partial charge in [-0.2, -0.15) is 0 Å². The van der Waals surface area contributed by atoms with E-state index >= 15 is 0 Å². The number of piperidine rings is 2. The minimum absolute atomic E-state index is 0.694. The lowest BCUT2D eigenvalue weighted by Crippen LogP contribution is -2.47. The fraction of sp³-hybridized carbons (Fsp3) is 1.00. The zero-order chi connectivity index (χ0) is 13.3. The summed E-state index contributed by atoms with van der Waals surface area (Å²) in [6, 6.07) is 0. The van der Waals surface area contributed by atoms with Crippen LogP contribution in [-0.4, -0.2) is 50.1 Å². The normalized spacial score (nSPS) is 24.4. The molecule has 0 saturated carbocycles. The Labute approximate surface area is 109 Å². The first-order valence-electron chi connectivity index (χ1n) is 7.57. The average Bonchev–Trinajstić information content (AvgIpc) is 2.38. The van der Waals surface area contributed by atoms with Crippen LogP contribution in [0.3, 0.4) is 0 Å². The summed E-state index contributed by atoms with van der Waals surface area (Å²) in [7, 11) is 4.53. The van der Waals surface area contributed by atoms with Gasteiger partial charge in [-0.05, 0) is 64.8 Å². The molecule has 0 aliphatic carbocycles. The molecular formula is C15H34N2. The molecule has 2 fully saturated rings. The fourth-order valence-electron chi connectivity index (χ4n) is 2.96. The number of hydrogen-bond donors (Lipinski definition) is 0. The summed E-state index contributed by atoms with van der Waals surface area (Å²) in [5, 5.41) is 0. The lowest BCUT2D eigenvalue weighted by Gasteiger charge is -2.46. The van der Waals surface area contributed by atoms with Crippen molar-refractivity contribution in [3.05, 3.63) is 0 Å². The van der Waals surface area contributed by atoms with Crippen molar-refractivity contribution in [1.29, 1.82) is 0 Å². The Balaban J connectivity index is 0.000000581. The minimum atomic E-state index is 0.694. The lowest BCUT2D eigenvalue weighted by atomic mass is 9.73. The molecule has 2 heteroatoms. The molecular weight excluding hydrogens is 208 g/mol. The first kappa shape index (κ1) is 16.9. The van der Waals surface area contributed by atoms with Gasteiger partial charge in [0.25, 0.3) is 0 Å². The van der Waals surface area contributed by atoms with Crippen molar-refractivity contribution >= 4 is 0 Å². The van der Waals surface area contributed by atoms with Gasteiger partial charge in [0.1, 0.15) is 0 Å². The largest absolute Gasteiger partial charge is 0.306 e. The van der Waals surface area contributed by atoms with Crippen LogP contribution in [0.4, 0.5) is 0 Å². The molecule has 0 unspecified atom stereocenters. The van der Waals surface area contributed by atoms with E-state index in [1.54, 1.807) is 0 Å². The van der Waals surface area contributed by atoms with Gasteiger partial charge in [0.2, 0.25) is 0 Å². The molecule has 0 radical (unpaired) electrons. The monoisotopic (exact) mass is 242 g/mol. The molecule has 0 amide bonds. The van der Waals surface area contributed by atoms with Crippen molar-refractivity contribution in [3.8, 4) is 0 Å². The molecule has 17 heavy (non-hydrogen) atoms. The van der Waals surface area contributed by atoms with Gasteiger partial charge in [0.05, 0.1) is 0 Å². The van der Waals surface area contributed by atoms with Crippen molar-refractivity contribution in [2.75, 3.05) is 40.3 Å². The molecule has 0 bridgehead atoms. The summed E-state index contributed by atoms with van der Waals surface area (Å²) in [6.07, 6.45) is 5.74. The topological polar surface area (TPSA) is 6.48 Å². The quantitative estimate of drug-likeness (QED) is 0.642. The summed E-state index contributed by atoms with van der Waals surface area (Å²) in [5.74, 6) is 0. The molecule has 0 aromatic heterocycles. The first-order valence-corrected chi connectivity index (χ1v) is 7.57. The molecule has 0 N–H and O–H groups in total. The second kappa shape index (κ2) is 8.93. The molecule has 2 aliphatic rings. The molecule has 2 rings (SSSR count). The van der Waals surface area contributed by atoms with Crippen LogP contribution in [0.15, 0.2) is 0 Å². The van der Waals surface area contributed by atoms with Gasteiger partial charge in [0.15, 0.2) is 0 Å². The molecule has 0 aromatic rings. The second-order valence-electron chi connectivity index (χ2n) is 5.14. The number of hydrogen-bond acceptors (Lipinski definition) is 2. The molecule has 2 heterocycles. The summed E-state index contributed by atoms with van der Waals surface area (Å²) >= 11 is 0. The number of likely N-dealkylation sites (tertiary alicyclic amines) is 2. The van der Waals surface area contributed by atoms with Crippen molar-refractivity contribution in [2.45, 2.75) is 53.4 Å². The Morgan fingerprint density at radius 1 is 0.706 bits per heavy atom. The third kappa shape index (κ3) is 5.39. The van der Waals surface area contributed by atoms with Crippen molar-refractivity contribution in [2.24, 2.45) is 5.41 Å². The molecule has 104 valence electrons. The van der Waals surface area contributed by atoms with Crippen LogP contribution in [0.1, 0.15) is 53.4 Å². The fourth-order valence-corrected chi connectivity index (χ4v) is 2.96. The first-order chi connectivity index (χ1) is 8.20. The Hall–Kier alpha value is -0.0800. The molecule has 2 aliphatic heterocycles. The Morgan fingerprint density at radius 3 is 1.71 bits per heavy atom. The van der Waals surface area contributed by atoms with Gasteiger partial charge in [-0.15, -0.1) is 0 Å². The summed E-state index contributed by atoms with van der Waals surface area (Å²) in [5.41, 5.74) is 0.694. The third-order valence-electron chi connectivity index (χ3n) is 3.90. The van der Waals surface area contributed by atoms with Crippen LogP contribution < -0.4 is 0 Å². The van der Waals surface area contributed by atoms with Gasteiger partial charge in [-0.1, -0.05) is 27.7 Å². The van der Waals surface area contributed by atoms with Gasteiger partial charge < -0.3 is 9.80 Å². The lowest BCUT2D eigenvalue weighted by molar-refractivity contribution is 0.0425. The van der Waals surface area contributed by atoms with Crippen molar-refractivity contribution in [3.63, 3.8) is 0 Å². The van der Waals surface area contributed by atoms with Crippen molar-refractivity contribution < 1.29 is 0 Å². The number of rotatable bonds is 0. The molecule has 0 aromatic carbocycles. The highest BCUT2D eigenvalue weighted by atomic mass is 15.1. The van der Waals surface area contributed by atoms with E-state index in [4.69, 9.17) is 0 Å². The predicted octanol–water partition coefficient (Wildman–Crippen LogP) is 3.48. The average molecular weight is 242 g/mol. The van der Waals surface area contributed by atoms with E-state index in [2.05, 4.69) is 23.9 Å². The second-order valence-corrected chi connectivity index (χ2v) is 5.14. The van der Waals surface area contributed by atoms with Crippen LogP contribution in [0.5, 0.6) is 0 Å². The highest BCUT2D eigenvalue weighted by Crippen LogP contribution is 2.38. The smallest absolute Gasteiger partial charge is 0.00359 e. The Kier molecular flexibility index (Phi) is 8.89. The predicted molar refractivity (Wildman–Crippen MR) is 78.6 cm³/mol. The van der Waals surface area contributed by atoms with E-state index in [9.17, 15) is 0 Å². The van der Waals surface area contributed by atoms with Gasteiger partial charge in [0, 0.05) is 6.54 Å². The van der Waals surface area contributed by atoms with E-state index in [0.29, 0.717) is 5.41 Å². The highest BCUT2D eigenvalue weighted by Gasteiger charge is 2.36. The number of nitrogens with zero attached hydrogens (tertiary/aromatic N) is 2. The van der Waals surface area contributed by atoms with Crippen LogP contribution in [0.2, 0.25) is 0 Å². The zero-order valence-corrected chi connectivity index (χ0v) is 13.1. The molecule has 1 spiro atoms. The van der Waals surface area contributed by atoms with E-state index in [1.165, 1.54) is 51.9 Å². The van der Waals surface area contributed by atoms with Crippen LogP contribution in [0, 0.1) is 5.41 Å². The summed E-state index contributed by atoms with van der Waals surface area (Å²) in [4.78, 5) is 4.99. The molecule has 2 nitrogen and oxygen atoms in total. The van der Waals surface area contributed by atoms with Crippen LogP contribution in [-0.2, 0) is 0 Å². The van der Waals surface area contributed by atoms with Gasteiger partial charge >= 0.3 is 0 Å².